The third-order valence-corrected chi connectivity index (χ3v) is 3.02. The second kappa shape index (κ2) is 4.45. The molecule has 0 bridgehead atoms. The van der Waals surface area contributed by atoms with Crippen molar-refractivity contribution in [2.24, 2.45) is 11.3 Å². The Labute approximate surface area is 82.9 Å². The van der Waals surface area contributed by atoms with Crippen LogP contribution in [0.2, 0.25) is 0 Å². The Bertz CT molecular complexity index is 146. The van der Waals surface area contributed by atoms with Gasteiger partial charge in [0.25, 0.3) is 0 Å². The van der Waals surface area contributed by atoms with E-state index in [9.17, 15) is 0 Å². The Morgan fingerprint density at radius 2 is 1.77 bits per heavy atom. The van der Waals surface area contributed by atoms with Gasteiger partial charge in [-0.3, -0.25) is 0 Å². The molecule has 1 saturated carbocycles. The van der Waals surface area contributed by atoms with Crippen LogP contribution in [-0.2, 0) is 4.74 Å². The van der Waals surface area contributed by atoms with E-state index in [0.717, 1.165) is 5.92 Å². The Morgan fingerprint density at radius 3 is 2.31 bits per heavy atom. The molecule has 0 amide bonds. The van der Waals surface area contributed by atoms with Gasteiger partial charge in [0, 0.05) is 7.11 Å². The summed E-state index contributed by atoms with van der Waals surface area (Å²) in [6, 6.07) is 0. The van der Waals surface area contributed by atoms with Gasteiger partial charge in [-0.15, -0.1) is 0 Å². The maximum Gasteiger partial charge on any atom is 0.0599 e. The average Bonchev–Trinajstić information content (AvgIpc) is 2.02. The topological polar surface area (TPSA) is 9.23 Å². The largest absolute Gasteiger partial charge is 0.381 e. The molecule has 0 aliphatic heterocycles. The number of ether oxygens (including phenoxy) is 1. The molecule has 0 aromatic rings. The van der Waals surface area contributed by atoms with Gasteiger partial charge in [-0.05, 0) is 30.6 Å². The summed E-state index contributed by atoms with van der Waals surface area (Å²) < 4.78 is 5.55. The van der Waals surface area contributed by atoms with Crippen LogP contribution in [0.1, 0.15) is 52.9 Å². The molecule has 1 fully saturated rings. The minimum absolute atomic E-state index is 0.457. The zero-order chi connectivity index (χ0) is 9.90. The van der Waals surface area contributed by atoms with Crippen molar-refractivity contribution in [2.75, 3.05) is 7.11 Å². The first-order valence-corrected chi connectivity index (χ1v) is 5.56. The van der Waals surface area contributed by atoms with Gasteiger partial charge in [-0.2, -0.15) is 0 Å². The number of hydrogen-bond donors (Lipinski definition) is 0. The molecule has 78 valence electrons. The molecule has 0 aromatic carbocycles. The van der Waals surface area contributed by atoms with E-state index in [1.165, 1.54) is 32.1 Å². The van der Waals surface area contributed by atoms with Crippen LogP contribution >= 0.6 is 0 Å². The van der Waals surface area contributed by atoms with Gasteiger partial charge in [0.2, 0.25) is 0 Å². The standard InChI is InChI=1S/C12H24O/c1-12(2,3)9-10-7-5-6-8-11(10)13-4/h10-11H,5-9H2,1-4H3/t10-,11+/m1/s1. The van der Waals surface area contributed by atoms with Gasteiger partial charge in [-0.25, -0.2) is 0 Å². The van der Waals surface area contributed by atoms with E-state index >= 15 is 0 Å². The summed E-state index contributed by atoms with van der Waals surface area (Å²) in [6.07, 6.45) is 7.26. The fraction of sp³-hybridized carbons (Fsp3) is 1.00. The summed E-state index contributed by atoms with van der Waals surface area (Å²) in [4.78, 5) is 0. The van der Waals surface area contributed by atoms with Gasteiger partial charge in [0.1, 0.15) is 0 Å². The van der Waals surface area contributed by atoms with Crippen molar-refractivity contribution in [3.63, 3.8) is 0 Å². The maximum absolute atomic E-state index is 5.55. The monoisotopic (exact) mass is 184 g/mol. The lowest BCUT2D eigenvalue weighted by Gasteiger charge is -2.34. The van der Waals surface area contributed by atoms with E-state index in [-0.39, 0.29) is 0 Å². The summed E-state index contributed by atoms with van der Waals surface area (Å²) >= 11 is 0. The first-order valence-electron chi connectivity index (χ1n) is 5.56. The SMILES string of the molecule is CO[C@H]1CCCC[C@@H]1CC(C)(C)C. The quantitative estimate of drug-likeness (QED) is 0.637. The highest BCUT2D eigenvalue weighted by Crippen LogP contribution is 2.35. The minimum Gasteiger partial charge on any atom is -0.381 e. The van der Waals surface area contributed by atoms with Crippen LogP contribution in [0.25, 0.3) is 0 Å². The molecule has 0 aromatic heterocycles. The smallest absolute Gasteiger partial charge is 0.0599 e. The van der Waals surface area contributed by atoms with E-state index in [0.29, 0.717) is 11.5 Å². The lowest BCUT2D eigenvalue weighted by molar-refractivity contribution is 0.00777. The molecule has 0 heterocycles. The van der Waals surface area contributed by atoms with Crippen molar-refractivity contribution in [1.29, 1.82) is 0 Å². The fourth-order valence-electron chi connectivity index (χ4n) is 2.50. The predicted octanol–water partition coefficient (Wildman–Crippen LogP) is 3.63. The summed E-state index contributed by atoms with van der Waals surface area (Å²) in [6.45, 7) is 6.98. The zero-order valence-corrected chi connectivity index (χ0v) is 9.60. The summed E-state index contributed by atoms with van der Waals surface area (Å²) in [7, 11) is 1.87. The minimum atomic E-state index is 0.457. The highest BCUT2D eigenvalue weighted by atomic mass is 16.5. The number of methoxy groups -OCH3 is 1. The highest BCUT2D eigenvalue weighted by molar-refractivity contribution is 4.79. The first-order chi connectivity index (χ1) is 6.03. The van der Waals surface area contributed by atoms with Crippen LogP contribution in [0, 0.1) is 11.3 Å². The lowest BCUT2D eigenvalue weighted by atomic mass is 9.76. The Kier molecular flexibility index (Phi) is 3.78. The van der Waals surface area contributed by atoms with Gasteiger partial charge < -0.3 is 4.74 Å². The van der Waals surface area contributed by atoms with Crippen molar-refractivity contribution in [3.8, 4) is 0 Å². The fourth-order valence-corrected chi connectivity index (χ4v) is 2.50. The van der Waals surface area contributed by atoms with Crippen LogP contribution in [0.4, 0.5) is 0 Å². The van der Waals surface area contributed by atoms with Gasteiger partial charge in [0.15, 0.2) is 0 Å². The Hall–Kier alpha value is -0.0400. The molecule has 0 N–H and O–H groups in total. The van der Waals surface area contributed by atoms with Crippen molar-refractivity contribution < 1.29 is 4.74 Å². The van der Waals surface area contributed by atoms with Crippen LogP contribution in [0.15, 0.2) is 0 Å². The molecule has 1 heteroatoms. The molecule has 2 atom stereocenters. The van der Waals surface area contributed by atoms with Gasteiger partial charge in [-0.1, -0.05) is 33.6 Å². The van der Waals surface area contributed by atoms with Crippen LogP contribution in [0.3, 0.4) is 0 Å². The third kappa shape index (κ3) is 3.68. The van der Waals surface area contributed by atoms with E-state index in [1.807, 2.05) is 7.11 Å². The molecule has 13 heavy (non-hydrogen) atoms. The zero-order valence-electron chi connectivity index (χ0n) is 9.60. The Morgan fingerprint density at radius 1 is 1.15 bits per heavy atom. The molecule has 0 saturated heterocycles. The van der Waals surface area contributed by atoms with Crippen molar-refractivity contribution in [2.45, 2.75) is 59.0 Å². The first kappa shape index (κ1) is 11.0. The average molecular weight is 184 g/mol. The summed E-state index contributed by atoms with van der Waals surface area (Å²) in [5, 5.41) is 0. The molecule has 0 unspecified atom stereocenters. The molecular weight excluding hydrogens is 160 g/mol. The van der Waals surface area contributed by atoms with E-state index in [1.54, 1.807) is 0 Å². The van der Waals surface area contributed by atoms with Crippen molar-refractivity contribution >= 4 is 0 Å². The lowest BCUT2D eigenvalue weighted by Crippen LogP contribution is -2.29. The second-order valence-corrected chi connectivity index (χ2v) is 5.58. The highest BCUT2D eigenvalue weighted by Gasteiger charge is 2.28. The van der Waals surface area contributed by atoms with Crippen LogP contribution in [-0.4, -0.2) is 13.2 Å². The van der Waals surface area contributed by atoms with Gasteiger partial charge >= 0.3 is 0 Å². The van der Waals surface area contributed by atoms with Crippen molar-refractivity contribution in [3.05, 3.63) is 0 Å². The molecule has 1 rings (SSSR count). The summed E-state index contributed by atoms with van der Waals surface area (Å²) in [5.74, 6) is 0.804. The number of hydrogen-bond acceptors (Lipinski definition) is 1. The van der Waals surface area contributed by atoms with E-state index < -0.39 is 0 Å². The molecular formula is C12H24O. The Balaban J connectivity index is 2.45. The van der Waals surface area contributed by atoms with E-state index in [2.05, 4.69) is 20.8 Å². The van der Waals surface area contributed by atoms with E-state index in [4.69, 9.17) is 4.74 Å². The van der Waals surface area contributed by atoms with Crippen LogP contribution in [0.5, 0.6) is 0 Å². The summed E-state index contributed by atoms with van der Waals surface area (Å²) in [5.41, 5.74) is 0.457. The predicted molar refractivity (Wildman–Crippen MR) is 56.8 cm³/mol. The molecule has 1 aliphatic carbocycles. The molecule has 1 aliphatic rings. The molecule has 1 nitrogen and oxygen atoms in total. The molecule has 0 radical (unpaired) electrons. The second-order valence-electron chi connectivity index (χ2n) is 5.58. The van der Waals surface area contributed by atoms with Crippen LogP contribution < -0.4 is 0 Å². The normalized spacial score (nSPS) is 30.5. The van der Waals surface area contributed by atoms with Crippen molar-refractivity contribution in [1.82, 2.24) is 0 Å². The van der Waals surface area contributed by atoms with Gasteiger partial charge in [0.05, 0.1) is 6.10 Å². The third-order valence-electron chi connectivity index (χ3n) is 3.02. The molecule has 0 spiro atoms. The maximum atomic E-state index is 5.55. The number of rotatable bonds is 2.